The molecule has 1 fully saturated rings. The highest BCUT2D eigenvalue weighted by atomic mass is 16.5. The highest BCUT2D eigenvalue weighted by Gasteiger charge is 2.20. The number of piperazine rings is 1. The van der Waals surface area contributed by atoms with Crippen molar-refractivity contribution >= 4 is 17.7 Å². The van der Waals surface area contributed by atoms with Crippen LogP contribution in [0.25, 0.3) is 6.08 Å². The first-order valence-electron chi connectivity index (χ1n) is 8.08. The molecule has 0 N–H and O–H groups in total. The van der Waals surface area contributed by atoms with Crippen molar-refractivity contribution < 1.29 is 13.9 Å². The van der Waals surface area contributed by atoms with Crippen LogP contribution in [-0.4, -0.2) is 44.1 Å². The maximum Gasteiger partial charge on any atom is 0.246 e. The molecule has 126 valence electrons. The first-order valence-corrected chi connectivity index (χ1v) is 8.08. The standard InChI is InChI=1S/C19H22N2O3/c1-15-6-7-17(24-15)8-9-19(22)21-12-10-20(11-13-21)16-4-3-5-18(14-16)23-2/h3-9,14H,10-13H2,1-2H3/b9-8+. The number of ether oxygens (including phenoxy) is 1. The predicted octanol–water partition coefficient (Wildman–Crippen LogP) is 2.96. The molecule has 0 unspecified atom stereocenters. The van der Waals surface area contributed by atoms with Crippen molar-refractivity contribution in [3.63, 3.8) is 0 Å². The van der Waals surface area contributed by atoms with Crippen LogP contribution in [0, 0.1) is 6.92 Å². The van der Waals surface area contributed by atoms with Crippen LogP contribution in [0.15, 0.2) is 46.9 Å². The van der Waals surface area contributed by atoms with E-state index in [1.165, 1.54) is 0 Å². The third kappa shape index (κ3) is 3.79. The van der Waals surface area contributed by atoms with Gasteiger partial charge in [-0.05, 0) is 37.3 Å². The van der Waals surface area contributed by atoms with Crippen molar-refractivity contribution in [3.8, 4) is 5.75 Å². The van der Waals surface area contributed by atoms with Crippen LogP contribution < -0.4 is 9.64 Å². The van der Waals surface area contributed by atoms with Gasteiger partial charge in [-0.15, -0.1) is 0 Å². The van der Waals surface area contributed by atoms with Crippen molar-refractivity contribution in [2.75, 3.05) is 38.2 Å². The van der Waals surface area contributed by atoms with Gasteiger partial charge in [-0.2, -0.15) is 0 Å². The lowest BCUT2D eigenvalue weighted by molar-refractivity contribution is -0.126. The van der Waals surface area contributed by atoms with Gasteiger partial charge in [0.15, 0.2) is 0 Å². The van der Waals surface area contributed by atoms with E-state index in [1.807, 2.05) is 42.2 Å². The van der Waals surface area contributed by atoms with Gasteiger partial charge in [0.05, 0.1) is 7.11 Å². The molecule has 2 aromatic rings. The summed E-state index contributed by atoms with van der Waals surface area (Å²) in [5, 5.41) is 0. The van der Waals surface area contributed by atoms with Crippen molar-refractivity contribution in [1.82, 2.24) is 4.90 Å². The van der Waals surface area contributed by atoms with Crippen LogP contribution in [0.1, 0.15) is 11.5 Å². The Kier molecular flexibility index (Phi) is 4.89. The minimum atomic E-state index is 0.0225. The van der Waals surface area contributed by atoms with Gasteiger partial charge in [0.1, 0.15) is 17.3 Å². The first-order chi connectivity index (χ1) is 11.7. The minimum absolute atomic E-state index is 0.0225. The number of rotatable bonds is 4. The predicted molar refractivity (Wildman–Crippen MR) is 94.3 cm³/mol. The van der Waals surface area contributed by atoms with Crippen LogP contribution >= 0.6 is 0 Å². The average Bonchev–Trinajstić information content (AvgIpc) is 3.05. The van der Waals surface area contributed by atoms with Crippen molar-refractivity contribution in [1.29, 1.82) is 0 Å². The molecule has 24 heavy (non-hydrogen) atoms. The molecule has 1 amide bonds. The Hall–Kier alpha value is -2.69. The summed E-state index contributed by atoms with van der Waals surface area (Å²) < 4.78 is 10.7. The Morgan fingerprint density at radius 2 is 1.96 bits per heavy atom. The van der Waals surface area contributed by atoms with Gasteiger partial charge >= 0.3 is 0 Å². The number of nitrogens with zero attached hydrogens (tertiary/aromatic N) is 2. The molecular weight excluding hydrogens is 304 g/mol. The molecule has 0 spiro atoms. The van der Waals surface area contributed by atoms with E-state index >= 15 is 0 Å². The molecule has 1 saturated heterocycles. The smallest absolute Gasteiger partial charge is 0.246 e. The molecule has 1 aliphatic heterocycles. The monoisotopic (exact) mass is 326 g/mol. The lowest BCUT2D eigenvalue weighted by atomic mass is 10.2. The van der Waals surface area contributed by atoms with E-state index in [-0.39, 0.29) is 5.91 Å². The zero-order valence-corrected chi connectivity index (χ0v) is 14.1. The second-order valence-electron chi connectivity index (χ2n) is 5.80. The van der Waals surface area contributed by atoms with Gasteiger partial charge in [-0.1, -0.05) is 6.07 Å². The summed E-state index contributed by atoms with van der Waals surface area (Å²) in [7, 11) is 1.67. The number of furan rings is 1. The number of carbonyl (C=O) groups is 1. The van der Waals surface area contributed by atoms with Gasteiger partial charge in [-0.3, -0.25) is 4.79 Å². The number of hydrogen-bond acceptors (Lipinski definition) is 4. The summed E-state index contributed by atoms with van der Waals surface area (Å²) in [5.41, 5.74) is 1.13. The Bertz CT molecular complexity index is 728. The number of methoxy groups -OCH3 is 1. The van der Waals surface area contributed by atoms with Crippen LogP contribution in [0.4, 0.5) is 5.69 Å². The van der Waals surface area contributed by atoms with Gasteiger partial charge in [0.25, 0.3) is 0 Å². The van der Waals surface area contributed by atoms with E-state index in [1.54, 1.807) is 19.3 Å². The molecule has 5 nitrogen and oxygen atoms in total. The molecule has 0 radical (unpaired) electrons. The van der Waals surface area contributed by atoms with E-state index < -0.39 is 0 Å². The minimum Gasteiger partial charge on any atom is -0.497 e. The summed E-state index contributed by atoms with van der Waals surface area (Å²) in [6.07, 6.45) is 3.31. The van der Waals surface area contributed by atoms with E-state index in [0.29, 0.717) is 18.8 Å². The summed E-state index contributed by atoms with van der Waals surface area (Å²) in [6.45, 7) is 4.92. The van der Waals surface area contributed by atoms with Gasteiger partial charge < -0.3 is 19.0 Å². The third-order valence-electron chi connectivity index (χ3n) is 4.16. The molecule has 1 aromatic heterocycles. The van der Waals surface area contributed by atoms with E-state index in [4.69, 9.17) is 9.15 Å². The fraction of sp³-hybridized carbons (Fsp3) is 0.316. The van der Waals surface area contributed by atoms with Crippen LogP contribution in [-0.2, 0) is 4.79 Å². The average molecular weight is 326 g/mol. The fourth-order valence-electron chi connectivity index (χ4n) is 2.79. The van der Waals surface area contributed by atoms with Gasteiger partial charge in [-0.25, -0.2) is 0 Å². The number of hydrogen-bond donors (Lipinski definition) is 0. The van der Waals surface area contributed by atoms with E-state index in [9.17, 15) is 4.79 Å². The molecule has 1 aromatic carbocycles. The normalized spacial score (nSPS) is 15.1. The van der Waals surface area contributed by atoms with E-state index in [0.717, 1.165) is 30.3 Å². The van der Waals surface area contributed by atoms with Crippen molar-refractivity contribution in [2.24, 2.45) is 0 Å². The zero-order valence-electron chi connectivity index (χ0n) is 14.1. The Labute approximate surface area is 142 Å². The lowest BCUT2D eigenvalue weighted by Gasteiger charge is -2.35. The molecular formula is C19H22N2O3. The maximum atomic E-state index is 12.3. The van der Waals surface area contributed by atoms with Crippen molar-refractivity contribution in [3.05, 3.63) is 54.0 Å². The van der Waals surface area contributed by atoms with Gasteiger partial charge in [0.2, 0.25) is 5.91 Å². The molecule has 0 aliphatic carbocycles. The topological polar surface area (TPSA) is 45.9 Å². The first kappa shape index (κ1) is 16.2. The number of anilines is 1. The van der Waals surface area contributed by atoms with Gasteiger partial charge in [0, 0.05) is 44.0 Å². The molecule has 0 bridgehead atoms. The summed E-state index contributed by atoms with van der Waals surface area (Å²) in [5.74, 6) is 2.42. The highest BCUT2D eigenvalue weighted by molar-refractivity contribution is 5.91. The molecule has 1 aliphatic rings. The van der Waals surface area contributed by atoms with Crippen LogP contribution in [0.2, 0.25) is 0 Å². The molecule has 0 saturated carbocycles. The molecule has 3 rings (SSSR count). The number of carbonyl (C=O) groups excluding carboxylic acids is 1. The maximum absolute atomic E-state index is 12.3. The van der Waals surface area contributed by atoms with Crippen molar-refractivity contribution in [2.45, 2.75) is 6.92 Å². The number of benzene rings is 1. The fourth-order valence-corrected chi connectivity index (χ4v) is 2.79. The second kappa shape index (κ2) is 7.25. The number of amides is 1. The van der Waals surface area contributed by atoms with Crippen LogP contribution in [0.5, 0.6) is 5.75 Å². The Morgan fingerprint density at radius 1 is 1.17 bits per heavy atom. The second-order valence-corrected chi connectivity index (χ2v) is 5.80. The third-order valence-corrected chi connectivity index (χ3v) is 4.16. The summed E-state index contributed by atoms with van der Waals surface area (Å²) in [6, 6.07) is 11.8. The molecule has 0 atom stereocenters. The zero-order chi connectivity index (χ0) is 16.9. The largest absolute Gasteiger partial charge is 0.497 e. The Morgan fingerprint density at radius 3 is 2.62 bits per heavy atom. The lowest BCUT2D eigenvalue weighted by Crippen LogP contribution is -2.48. The molecule has 5 heteroatoms. The summed E-state index contributed by atoms with van der Waals surface area (Å²) in [4.78, 5) is 16.4. The molecule has 2 heterocycles. The van der Waals surface area contributed by atoms with Crippen LogP contribution in [0.3, 0.4) is 0 Å². The van der Waals surface area contributed by atoms with E-state index in [2.05, 4.69) is 11.0 Å². The highest BCUT2D eigenvalue weighted by Crippen LogP contribution is 2.22. The quantitative estimate of drug-likeness (QED) is 0.811. The Balaban J connectivity index is 1.56. The SMILES string of the molecule is COc1cccc(N2CCN(C(=O)/C=C/c3ccc(C)o3)CC2)c1. The number of aryl methyl sites for hydroxylation is 1. The summed E-state index contributed by atoms with van der Waals surface area (Å²) >= 11 is 0.